The number of amides is 1. The van der Waals surface area contributed by atoms with Gasteiger partial charge in [0.25, 0.3) is 0 Å². The van der Waals surface area contributed by atoms with E-state index in [1.165, 1.54) is 17.4 Å². The van der Waals surface area contributed by atoms with E-state index in [4.69, 9.17) is 11.6 Å². The van der Waals surface area contributed by atoms with Crippen molar-refractivity contribution in [3.8, 4) is 0 Å². The summed E-state index contributed by atoms with van der Waals surface area (Å²) in [7, 11) is 0. The molecule has 0 aliphatic rings. The Bertz CT molecular complexity index is 1060. The number of benzene rings is 1. The molecule has 26 heavy (non-hydrogen) atoms. The maximum absolute atomic E-state index is 12.0. The number of H-pyrrole nitrogens is 1. The zero-order chi connectivity index (χ0) is 17.9. The summed E-state index contributed by atoms with van der Waals surface area (Å²) >= 11 is 7.60. The Labute approximate surface area is 158 Å². The first-order chi connectivity index (χ1) is 12.7. The highest BCUT2D eigenvalue weighted by atomic mass is 35.5. The minimum atomic E-state index is -0.157. The number of halogens is 1. The Morgan fingerprint density at radius 1 is 1.35 bits per heavy atom. The number of fused-ring (bicyclic) bond motifs is 2. The van der Waals surface area contributed by atoms with Crippen LogP contribution in [0.3, 0.4) is 0 Å². The SMILES string of the molecule is O=C(/C=C/c1c(Cl)nc2sccn12)NCCCc1nc2ccccc2[nH]1. The van der Waals surface area contributed by atoms with Crippen molar-refractivity contribution in [2.45, 2.75) is 12.8 Å². The van der Waals surface area contributed by atoms with E-state index in [1.54, 1.807) is 6.08 Å². The molecule has 3 heterocycles. The van der Waals surface area contributed by atoms with E-state index >= 15 is 0 Å². The van der Waals surface area contributed by atoms with Gasteiger partial charge in [-0.15, -0.1) is 11.3 Å². The molecule has 2 N–H and O–H groups in total. The molecule has 0 fully saturated rings. The van der Waals surface area contributed by atoms with Gasteiger partial charge in [-0.25, -0.2) is 9.97 Å². The van der Waals surface area contributed by atoms with Gasteiger partial charge >= 0.3 is 0 Å². The lowest BCUT2D eigenvalue weighted by molar-refractivity contribution is -0.116. The first-order valence-corrected chi connectivity index (χ1v) is 9.47. The Hall–Kier alpha value is -2.64. The quantitative estimate of drug-likeness (QED) is 0.392. The molecule has 3 aromatic heterocycles. The molecule has 4 rings (SSSR count). The Balaban J connectivity index is 1.28. The van der Waals surface area contributed by atoms with Crippen LogP contribution in [0, 0.1) is 0 Å². The number of carbonyl (C=O) groups excluding carboxylic acids is 1. The lowest BCUT2D eigenvalue weighted by atomic mass is 10.3. The van der Waals surface area contributed by atoms with Crippen LogP contribution in [-0.2, 0) is 11.2 Å². The van der Waals surface area contributed by atoms with Gasteiger partial charge in [0.2, 0.25) is 5.91 Å². The van der Waals surface area contributed by atoms with Crippen LogP contribution < -0.4 is 5.32 Å². The molecular formula is C18H16ClN5OS. The largest absolute Gasteiger partial charge is 0.353 e. The van der Waals surface area contributed by atoms with Crippen molar-refractivity contribution in [1.82, 2.24) is 24.7 Å². The second kappa shape index (κ2) is 7.31. The average molecular weight is 386 g/mol. The molecule has 0 atom stereocenters. The molecule has 0 aliphatic carbocycles. The van der Waals surface area contributed by atoms with E-state index in [9.17, 15) is 4.79 Å². The number of thiazole rings is 1. The van der Waals surface area contributed by atoms with Gasteiger partial charge in [0, 0.05) is 30.6 Å². The van der Waals surface area contributed by atoms with E-state index in [1.807, 2.05) is 40.2 Å². The zero-order valence-corrected chi connectivity index (χ0v) is 15.3. The van der Waals surface area contributed by atoms with Crippen LogP contribution in [0.4, 0.5) is 0 Å². The number of aromatic nitrogens is 4. The molecule has 1 aromatic carbocycles. The number of nitrogens with zero attached hydrogens (tertiary/aromatic N) is 3. The van der Waals surface area contributed by atoms with Crippen molar-refractivity contribution >= 4 is 50.9 Å². The van der Waals surface area contributed by atoms with E-state index in [-0.39, 0.29) is 5.91 Å². The topological polar surface area (TPSA) is 75.1 Å². The summed E-state index contributed by atoms with van der Waals surface area (Å²) in [5.41, 5.74) is 2.71. The van der Waals surface area contributed by atoms with Crippen LogP contribution in [0.2, 0.25) is 5.15 Å². The monoisotopic (exact) mass is 385 g/mol. The molecule has 0 unspecified atom stereocenters. The molecule has 0 aliphatic heterocycles. The number of hydrogen-bond donors (Lipinski definition) is 2. The standard InChI is InChI=1S/C18H16ClN5OS/c19-17-14(24-10-11-26-18(24)23-17)7-8-16(25)20-9-3-6-15-21-12-4-1-2-5-13(12)22-15/h1-2,4-5,7-8,10-11H,3,6,9H2,(H,20,25)(H,21,22)/b8-7+. The molecule has 1 amide bonds. The number of carbonyl (C=O) groups is 1. The van der Waals surface area contributed by atoms with Crippen molar-refractivity contribution in [2.24, 2.45) is 0 Å². The summed E-state index contributed by atoms with van der Waals surface area (Å²) < 4.78 is 1.86. The normalized spacial score (nSPS) is 11.7. The summed E-state index contributed by atoms with van der Waals surface area (Å²) in [5, 5.41) is 5.19. The molecule has 132 valence electrons. The lowest BCUT2D eigenvalue weighted by Gasteiger charge is -2.00. The highest BCUT2D eigenvalue weighted by Gasteiger charge is 2.08. The molecule has 8 heteroatoms. The van der Waals surface area contributed by atoms with Gasteiger partial charge in [0.1, 0.15) is 5.82 Å². The van der Waals surface area contributed by atoms with E-state index in [0.29, 0.717) is 17.4 Å². The first kappa shape index (κ1) is 16.8. The van der Waals surface area contributed by atoms with Gasteiger partial charge in [-0.05, 0) is 24.6 Å². The number of rotatable bonds is 6. The summed E-state index contributed by atoms with van der Waals surface area (Å²) in [6.07, 6.45) is 6.63. The van der Waals surface area contributed by atoms with E-state index < -0.39 is 0 Å². The van der Waals surface area contributed by atoms with Gasteiger partial charge < -0.3 is 10.3 Å². The third-order valence-electron chi connectivity index (χ3n) is 3.97. The number of aryl methyl sites for hydroxylation is 1. The first-order valence-electron chi connectivity index (χ1n) is 8.21. The minimum Gasteiger partial charge on any atom is -0.353 e. The Kier molecular flexibility index (Phi) is 4.73. The predicted molar refractivity (Wildman–Crippen MR) is 105 cm³/mol. The maximum Gasteiger partial charge on any atom is 0.244 e. The van der Waals surface area contributed by atoms with Crippen LogP contribution in [0.25, 0.3) is 22.1 Å². The third kappa shape index (κ3) is 3.49. The number of para-hydroxylation sites is 2. The minimum absolute atomic E-state index is 0.157. The molecular weight excluding hydrogens is 370 g/mol. The highest BCUT2D eigenvalue weighted by molar-refractivity contribution is 7.15. The average Bonchev–Trinajstić information content (AvgIpc) is 3.31. The smallest absolute Gasteiger partial charge is 0.244 e. The molecule has 6 nitrogen and oxygen atoms in total. The van der Waals surface area contributed by atoms with Crippen molar-refractivity contribution in [2.75, 3.05) is 6.54 Å². The molecule has 0 saturated carbocycles. The summed E-state index contributed by atoms with van der Waals surface area (Å²) in [4.78, 5) is 24.8. The molecule has 0 radical (unpaired) electrons. The Morgan fingerprint density at radius 2 is 2.23 bits per heavy atom. The number of nitrogens with one attached hydrogen (secondary N) is 2. The molecule has 4 aromatic rings. The summed E-state index contributed by atoms with van der Waals surface area (Å²) in [6, 6.07) is 7.93. The van der Waals surface area contributed by atoms with Gasteiger partial charge in [-0.1, -0.05) is 23.7 Å². The van der Waals surface area contributed by atoms with Crippen LogP contribution in [-0.4, -0.2) is 31.8 Å². The second-order valence-electron chi connectivity index (χ2n) is 5.77. The van der Waals surface area contributed by atoms with Gasteiger partial charge in [-0.3, -0.25) is 9.20 Å². The highest BCUT2D eigenvalue weighted by Crippen LogP contribution is 2.22. The van der Waals surface area contributed by atoms with Gasteiger partial charge in [0.15, 0.2) is 10.1 Å². The number of imidazole rings is 2. The molecule has 0 spiro atoms. The third-order valence-corrected chi connectivity index (χ3v) is 5.01. The van der Waals surface area contributed by atoms with Crippen molar-refractivity contribution in [3.05, 3.63) is 58.6 Å². The number of aromatic amines is 1. The summed E-state index contributed by atoms with van der Waals surface area (Å²) in [5.74, 6) is 0.776. The number of hydrogen-bond acceptors (Lipinski definition) is 4. The van der Waals surface area contributed by atoms with Crippen molar-refractivity contribution in [3.63, 3.8) is 0 Å². The van der Waals surface area contributed by atoms with Crippen molar-refractivity contribution in [1.29, 1.82) is 0 Å². The van der Waals surface area contributed by atoms with Crippen molar-refractivity contribution < 1.29 is 4.79 Å². The van der Waals surface area contributed by atoms with Crippen LogP contribution in [0.15, 0.2) is 41.9 Å². The Morgan fingerprint density at radius 3 is 3.12 bits per heavy atom. The predicted octanol–water partition coefficient (Wildman–Crippen LogP) is 3.69. The van der Waals surface area contributed by atoms with E-state index in [0.717, 1.165) is 34.7 Å². The second-order valence-corrected chi connectivity index (χ2v) is 7.00. The fraction of sp³-hybridized carbons (Fsp3) is 0.167. The van der Waals surface area contributed by atoms with Crippen LogP contribution in [0.1, 0.15) is 17.9 Å². The van der Waals surface area contributed by atoms with Gasteiger partial charge in [-0.2, -0.15) is 0 Å². The fourth-order valence-electron chi connectivity index (χ4n) is 2.73. The van der Waals surface area contributed by atoms with E-state index in [2.05, 4.69) is 20.3 Å². The van der Waals surface area contributed by atoms with Crippen LogP contribution >= 0.6 is 22.9 Å². The fourth-order valence-corrected chi connectivity index (χ4v) is 3.74. The van der Waals surface area contributed by atoms with Gasteiger partial charge in [0.05, 0.1) is 16.7 Å². The van der Waals surface area contributed by atoms with Crippen LogP contribution in [0.5, 0.6) is 0 Å². The molecule has 0 bridgehead atoms. The maximum atomic E-state index is 12.0. The molecule has 0 saturated heterocycles. The summed E-state index contributed by atoms with van der Waals surface area (Å²) in [6.45, 7) is 0.578. The zero-order valence-electron chi connectivity index (χ0n) is 13.8. The lowest BCUT2D eigenvalue weighted by Crippen LogP contribution is -2.22.